The van der Waals surface area contributed by atoms with Crippen LogP contribution in [0.15, 0.2) is 66.7 Å². The number of alkyl halides is 6. The van der Waals surface area contributed by atoms with E-state index in [9.17, 15) is 26.3 Å². The van der Waals surface area contributed by atoms with Gasteiger partial charge in [-0.1, -0.05) is 54.1 Å². The summed E-state index contributed by atoms with van der Waals surface area (Å²) >= 11 is 5.79. The molecule has 0 nitrogen and oxygen atoms in total. The lowest BCUT2D eigenvalue weighted by Crippen LogP contribution is -2.11. The molecule has 146 valence electrons. The molecule has 28 heavy (non-hydrogen) atoms. The zero-order valence-corrected chi connectivity index (χ0v) is 15.0. The standard InChI is InChI=1S/C21H13ClF6/c22-16-10-13(9-15(12-16)20(23,24)25)11-18-17(14-5-2-1-3-6-14)7-4-8-19(18)21(26,27)28/h1-10,12H,11H2. The van der Waals surface area contributed by atoms with E-state index in [0.29, 0.717) is 11.1 Å². The number of halogens is 7. The molecule has 0 atom stereocenters. The molecule has 0 amide bonds. The van der Waals surface area contributed by atoms with Crippen LogP contribution in [0.3, 0.4) is 0 Å². The minimum absolute atomic E-state index is 0.0497. The van der Waals surface area contributed by atoms with Gasteiger partial charge in [0.05, 0.1) is 11.1 Å². The van der Waals surface area contributed by atoms with E-state index in [0.717, 1.165) is 18.2 Å². The molecular weight excluding hydrogens is 402 g/mol. The van der Waals surface area contributed by atoms with Crippen molar-refractivity contribution >= 4 is 11.6 Å². The van der Waals surface area contributed by atoms with E-state index in [1.54, 1.807) is 30.3 Å². The maximum Gasteiger partial charge on any atom is 0.416 e. The highest BCUT2D eigenvalue weighted by atomic mass is 35.5. The van der Waals surface area contributed by atoms with Crippen LogP contribution in [-0.4, -0.2) is 0 Å². The van der Waals surface area contributed by atoms with Gasteiger partial charge in [-0.3, -0.25) is 0 Å². The van der Waals surface area contributed by atoms with E-state index in [1.807, 2.05) is 0 Å². The zero-order chi connectivity index (χ0) is 20.5. The van der Waals surface area contributed by atoms with E-state index in [4.69, 9.17) is 11.6 Å². The van der Waals surface area contributed by atoms with Crippen LogP contribution in [-0.2, 0) is 18.8 Å². The van der Waals surface area contributed by atoms with E-state index in [-0.39, 0.29) is 22.6 Å². The molecule has 0 aliphatic rings. The summed E-state index contributed by atoms with van der Waals surface area (Å²) in [7, 11) is 0. The van der Waals surface area contributed by atoms with Crippen LogP contribution in [0, 0.1) is 0 Å². The first-order valence-electron chi connectivity index (χ1n) is 8.17. The van der Waals surface area contributed by atoms with Crippen molar-refractivity contribution < 1.29 is 26.3 Å². The van der Waals surface area contributed by atoms with Crippen molar-refractivity contribution in [3.63, 3.8) is 0 Å². The van der Waals surface area contributed by atoms with Gasteiger partial charge in [0.25, 0.3) is 0 Å². The minimum Gasteiger partial charge on any atom is -0.166 e. The highest BCUT2D eigenvalue weighted by Crippen LogP contribution is 2.39. The summed E-state index contributed by atoms with van der Waals surface area (Å²) in [6, 6.07) is 15.0. The van der Waals surface area contributed by atoms with E-state index >= 15 is 0 Å². The predicted octanol–water partition coefficient (Wildman–Crippen LogP) is 7.64. The van der Waals surface area contributed by atoms with E-state index in [2.05, 4.69) is 0 Å². The Morgan fingerprint density at radius 2 is 1.39 bits per heavy atom. The summed E-state index contributed by atoms with van der Waals surface area (Å²) in [5.74, 6) is 0. The van der Waals surface area contributed by atoms with Gasteiger partial charge in [-0.2, -0.15) is 26.3 Å². The number of benzene rings is 3. The summed E-state index contributed by atoms with van der Waals surface area (Å²) < 4.78 is 79.9. The van der Waals surface area contributed by atoms with Crippen LogP contribution in [0.1, 0.15) is 22.3 Å². The number of hydrogen-bond donors (Lipinski definition) is 0. The summed E-state index contributed by atoms with van der Waals surface area (Å²) in [5, 5.41) is -0.185. The lowest BCUT2D eigenvalue weighted by molar-refractivity contribution is -0.139. The smallest absolute Gasteiger partial charge is 0.166 e. The molecule has 0 N–H and O–H groups in total. The Morgan fingerprint density at radius 3 is 2.00 bits per heavy atom. The highest BCUT2D eigenvalue weighted by molar-refractivity contribution is 6.30. The zero-order valence-electron chi connectivity index (χ0n) is 14.2. The number of rotatable bonds is 3. The molecule has 0 aliphatic carbocycles. The highest BCUT2D eigenvalue weighted by Gasteiger charge is 2.35. The number of hydrogen-bond acceptors (Lipinski definition) is 0. The van der Waals surface area contributed by atoms with Crippen molar-refractivity contribution in [1.29, 1.82) is 0 Å². The predicted molar refractivity (Wildman–Crippen MR) is 96.1 cm³/mol. The van der Waals surface area contributed by atoms with Crippen molar-refractivity contribution in [2.24, 2.45) is 0 Å². The molecule has 0 bridgehead atoms. The molecule has 3 aromatic rings. The van der Waals surface area contributed by atoms with Gasteiger partial charge < -0.3 is 0 Å². The van der Waals surface area contributed by atoms with Gasteiger partial charge in [-0.05, 0) is 52.9 Å². The lowest BCUT2D eigenvalue weighted by Gasteiger charge is -2.18. The summed E-state index contributed by atoms with van der Waals surface area (Å²) in [6.07, 6.45) is -9.64. The average molecular weight is 415 g/mol. The van der Waals surface area contributed by atoms with Crippen molar-refractivity contribution in [2.45, 2.75) is 18.8 Å². The van der Waals surface area contributed by atoms with Crippen LogP contribution >= 0.6 is 11.6 Å². The fourth-order valence-electron chi connectivity index (χ4n) is 3.05. The third-order valence-electron chi connectivity index (χ3n) is 4.23. The Hall–Kier alpha value is -2.47. The maximum atomic E-state index is 13.6. The van der Waals surface area contributed by atoms with Gasteiger partial charge in [-0.25, -0.2) is 0 Å². The first kappa shape index (κ1) is 20.3. The molecule has 0 saturated carbocycles. The molecule has 0 spiro atoms. The first-order valence-corrected chi connectivity index (χ1v) is 8.54. The first-order chi connectivity index (χ1) is 13.1. The molecule has 7 heteroatoms. The topological polar surface area (TPSA) is 0 Å². The van der Waals surface area contributed by atoms with E-state index < -0.39 is 23.5 Å². The van der Waals surface area contributed by atoms with Crippen LogP contribution in [0.25, 0.3) is 11.1 Å². The van der Waals surface area contributed by atoms with E-state index in [1.165, 1.54) is 18.2 Å². The molecule has 0 aliphatic heterocycles. The van der Waals surface area contributed by atoms with Crippen molar-refractivity contribution in [3.8, 4) is 11.1 Å². The monoisotopic (exact) mass is 414 g/mol. The molecule has 0 unspecified atom stereocenters. The SMILES string of the molecule is FC(F)(F)c1cc(Cl)cc(Cc2c(-c3ccccc3)cccc2C(F)(F)F)c1. The molecule has 0 saturated heterocycles. The average Bonchev–Trinajstić information content (AvgIpc) is 2.60. The molecule has 0 heterocycles. The maximum absolute atomic E-state index is 13.6. The third-order valence-corrected chi connectivity index (χ3v) is 4.45. The van der Waals surface area contributed by atoms with Crippen LogP contribution in [0.2, 0.25) is 5.02 Å². The normalized spacial score (nSPS) is 12.2. The minimum atomic E-state index is -4.65. The van der Waals surface area contributed by atoms with Crippen molar-refractivity contribution in [2.75, 3.05) is 0 Å². The molecule has 3 rings (SSSR count). The lowest BCUT2D eigenvalue weighted by atomic mass is 9.90. The van der Waals surface area contributed by atoms with Crippen molar-refractivity contribution in [3.05, 3.63) is 94.0 Å². The molecule has 0 fully saturated rings. The molecular formula is C21H13ClF6. The Labute approximate surface area is 162 Å². The second kappa shape index (κ2) is 7.51. The quantitative estimate of drug-likeness (QED) is 0.386. The van der Waals surface area contributed by atoms with Crippen LogP contribution in [0.5, 0.6) is 0 Å². The van der Waals surface area contributed by atoms with Gasteiger partial charge in [0.1, 0.15) is 0 Å². The Morgan fingerprint density at radius 1 is 0.714 bits per heavy atom. The third kappa shape index (κ3) is 4.50. The summed E-state index contributed by atoms with van der Waals surface area (Å²) in [6.45, 7) is 0. The summed E-state index contributed by atoms with van der Waals surface area (Å²) in [5.41, 5.74) is -1.08. The summed E-state index contributed by atoms with van der Waals surface area (Å²) in [4.78, 5) is 0. The van der Waals surface area contributed by atoms with Gasteiger partial charge >= 0.3 is 12.4 Å². The fourth-order valence-corrected chi connectivity index (χ4v) is 3.31. The second-order valence-corrected chi connectivity index (χ2v) is 6.65. The van der Waals surface area contributed by atoms with Crippen molar-refractivity contribution in [1.82, 2.24) is 0 Å². The molecule has 0 aromatic heterocycles. The molecule has 3 aromatic carbocycles. The van der Waals surface area contributed by atoms with Crippen LogP contribution in [0.4, 0.5) is 26.3 Å². The Kier molecular flexibility index (Phi) is 5.44. The van der Waals surface area contributed by atoms with Gasteiger partial charge in [-0.15, -0.1) is 0 Å². The largest absolute Gasteiger partial charge is 0.416 e. The Balaban J connectivity index is 2.17. The van der Waals surface area contributed by atoms with Gasteiger partial charge in [0.2, 0.25) is 0 Å². The van der Waals surface area contributed by atoms with Gasteiger partial charge in [0, 0.05) is 5.02 Å². The van der Waals surface area contributed by atoms with Crippen LogP contribution < -0.4 is 0 Å². The Bertz CT molecular complexity index is 974. The van der Waals surface area contributed by atoms with Gasteiger partial charge in [0.15, 0.2) is 0 Å². The fraction of sp³-hybridized carbons (Fsp3) is 0.143. The molecule has 0 radical (unpaired) electrons. The second-order valence-electron chi connectivity index (χ2n) is 6.22.